The molecule has 1 aromatic rings. The molecule has 3 rings (SSSR count). The Morgan fingerprint density at radius 3 is 2.68 bits per heavy atom. The highest BCUT2D eigenvalue weighted by molar-refractivity contribution is 6.03. The molecule has 0 radical (unpaired) electrons. The van der Waals surface area contributed by atoms with Crippen molar-refractivity contribution in [2.45, 2.75) is 44.4 Å². The van der Waals surface area contributed by atoms with Crippen molar-refractivity contribution in [1.29, 1.82) is 0 Å². The number of ether oxygens (including phenoxy) is 1. The van der Waals surface area contributed by atoms with Gasteiger partial charge >= 0.3 is 6.09 Å². The summed E-state index contributed by atoms with van der Waals surface area (Å²) in [7, 11) is 1.27. The van der Waals surface area contributed by atoms with E-state index >= 15 is 0 Å². The van der Waals surface area contributed by atoms with Crippen LogP contribution in [0.3, 0.4) is 0 Å². The minimum atomic E-state index is -1.61. The summed E-state index contributed by atoms with van der Waals surface area (Å²) in [5.74, 6) is -2.51. The average Bonchev–Trinajstić information content (AvgIpc) is 3.07. The molecule has 31 heavy (non-hydrogen) atoms. The van der Waals surface area contributed by atoms with E-state index in [0.717, 1.165) is 21.9 Å². The lowest BCUT2D eigenvalue weighted by molar-refractivity contribution is -0.142. The second-order valence-corrected chi connectivity index (χ2v) is 8.32. The summed E-state index contributed by atoms with van der Waals surface area (Å²) in [5, 5.41) is 11.9. The number of amides is 4. The lowest BCUT2D eigenvalue weighted by Crippen LogP contribution is -2.55. The molecular formula is C20H25FN4O6. The van der Waals surface area contributed by atoms with Gasteiger partial charge in [-0.3, -0.25) is 19.3 Å². The third kappa shape index (κ3) is 4.12. The van der Waals surface area contributed by atoms with Gasteiger partial charge in [-0.1, -0.05) is 13.8 Å². The number of nitrogens with one attached hydrogen (secondary N) is 1. The number of likely N-dealkylation sites (tertiary alicyclic amines) is 1. The van der Waals surface area contributed by atoms with E-state index in [-0.39, 0.29) is 36.7 Å². The summed E-state index contributed by atoms with van der Waals surface area (Å²) >= 11 is 0. The highest BCUT2D eigenvalue weighted by Gasteiger charge is 2.57. The minimum Gasteiger partial charge on any atom is -0.473 e. The molecular weight excluding hydrogens is 411 g/mol. The van der Waals surface area contributed by atoms with Crippen molar-refractivity contribution >= 4 is 29.5 Å². The number of carbonyl (C=O) groups excluding carboxylic acids is 3. The maximum Gasteiger partial charge on any atom is 0.407 e. The number of carbonyl (C=O) groups is 4. The van der Waals surface area contributed by atoms with Crippen LogP contribution < -0.4 is 15.8 Å². The molecule has 0 saturated carbocycles. The van der Waals surface area contributed by atoms with Gasteiger partial charge in [-0.05, 0) is 24.5 Å². The highest BCUT2D eigenvalue weighted by Crippen LogP contribution is 2.40. The molecule has 1 fully saturated rings. The number of carboxylic acid groups (broad SMARTS) is 1. The second kappa shape index (κ2) is 8.05. The smallest absolute Gasteiger partial charge is 0.407 e. The number of primary amides is 1. The number of likely N-dealkylation sites (N-methyl/N-ethyl adjacent to an activating group) is 1. The molecule has 4 N–H and O–H groups in total. The quantitative estimate of drug-likeness (QED) is 0.629. The van der Waals surface area contributed by atoms with Gasteiger partial charge in [-0.15, -0.1) is 0 Å². The lowest BCUT2D eigenvalue weighted by atomic mass is 9.96. The predicted molar refractivity (Wildman–Crippen MR) is 107 cm³/mol. The number of rotatable bonds is 5. The molecule has 1 saturated heterocycles. The number of anilines is 1. The van der Waals surface area contributed by atoms with Crippen LogP contribution in [0.4, 0.5) is 14.9 Å². The Morgan fingerprint density at radius 2 is 2.10 bits per heavy atom. The van der Waals surface area contributed by atoms with Crippen molar-refractivity contribution in [1.82, 2.24) is 9.80 Å². The standard InChI is InChI=1S/C20H25FN4O6/c1-10(2)6-13(24(3)19(29)30)17(27)25-9-20(8-14(25)16(22)26)18(28)23-12-7-11(21)4-5-15(12)31-20/h4-5,7,10,13-14H,6,8-9H2,1-3H3,(H2,22,26)(H,23,28)(H,29,30)/t13-,14-,20+/m0/s1. The molecule has 1 aromatic carbocycles. The molecule has 2 heterocycles. The number of fused-ring (bicyclic) bond motifs is 1. The van der Waals surface area contributed by atoms with E-state index < -0.39 is 47.3 Å². The lowest BCUT2D eigenvalue weighted by Gasteiger charge is -2.35. The van der Waals surface area contributed by atoms with Crippen molar-refractivity contribution in [3.8, 4) is 5.75 Å². The van der Waals surface area contributed by atoms with Crippen molar-refractivity contribution in [3.63, 3.8) is 0 Å². The number of benzene rings is 1. The molecule has 11 heteroatoms. The molecule has 0 bridgehead atoms. The number of hydrogen-bond acceptors (Lipinski definition) is 5. The topological polar surface area (TPSA) is 142 Å². The molecule has 0 aromatic heterocycles. The van der Waals surface area contributed by atoms with Gasteiger partial charge in [0.05, 0.1) is 12.2 Å². The Labute approximate surface area is 178 Å². The molecule has 4 amide bonds. The van der Waals surface area contributed by atoms with Gasteiger partial charge in [0.2, 0.25) is 17.4 Å². The molecule has 0 unspecified atom stereocenters. The zero-order valence-corrected chi connectivity index (χ0v) is 17.4. The molecule has 2 aliphatic heterocycles. The van der Waals surface area contributed by atoms with Gasteiger partial charge in [0.25, 0.3) is 5.91 Å². The average molecular weight is 436 g/mol. The van der Waals surface area contributed by atoms with Gasteiger partial charge in [0, 0.05) is 19.5 Å². The van der Waals surface area contributed by atoms with Crippen LogP contribution in [-0.4, -0.2) is 70.0 Å². The van der Waals surface area contributed by atoms with E-state index in [1.165, 1.54) is 13.1 Å². The summed E-state index contributed by atoms with van der Waals surface area (Å²) in [6, 6.07) is 1.37. The summed E-state index contributed by atoms with van der Waals surface area (Å²) in [6.07, 6.45) is -1.29. The van der Waals surface area contributed by atoms with Gasteiger partial charge in [0.15, 0.2) is 0 Å². The fourth-order valence-corrected chi connectivity index (χ4v) is 3.97. The van der Waals surface area contributed by atoms with Crippen LogP contribution >= 0.6 is 0 Å². The van der Waals surface area contributed by atoms with Crippen LogP contribution in [0.25, 0.3) is 0 Å². The molecule has 2 aliphatic rings. The van der Waals surface area contributed by atoms with Crippen LogP contribution in [0.2, 0.25) is 0 Å². The monoisotopic (exact) mass is 436 g/mol. The second-order valence-electron chi connectivity index (χ2n) is 8.32. The zero-order valence-electron chi connectivity index (χ0n) is 17.4. The Hall–Kier alpha value is -3.37. The fraction of sp³-hybridized carbons (Fsp3) is 0.500. The molecule has 3 atom stereocenters. The summed E-state index contributed by atoms with van der Waals surface area (Å²) in [5.41, 5.74) is 4.05. The van der Waals surface area contributed by atoms with E-state index in [9.17, 15) is 28.7 Å². The van der Waals surface area contributed by atoms with Crippen molar-refractivity contribution in [3.05, 3.63) is 24.0 Å². The SMILES string of the molecule is CC(C)C[C@@H](C(=O)N1C[C@@]2(C[C@H]1C(N)=O)Oc1ccc(F)cc1NC2=O)N(C)C(=O)O. The van der Waals surface area contributed by atoms with Gasteiger partial charge in [-0.25, -0.2) is 9.18 Å². The van der Waals surface area contributed by atoms with Crippen LogP contribution in [0.1, 0.15) is 26.7 Å². The summed E-state index contributed by atoms with van der Waals surface area (Å²) in [4.78, 5) is 51.9. The van der Waals surface area contributed by atoms with E-state index in [1.807, 2.05) is 13.8 Å². The summed E-state index contributed by atoms with van der Waals surface area (Å²) < 4.78 is 19.4. The normalized spacial score (nSPS) is 23.2. The largest absolute Gasteiger partial charge is 0.473 e. The highest BCUT2D eigenvalue weighted by atomic mass is 19.1. The summed E-state index contributed by atoms with van der Waals surface area (Å²) in [6.45, 7) is 3.37. The molecule has 1 spiro atoms. The Balaban J connectivity index is 1.95. The first-order valence-electron chi connectivity index (χ1n) is 9.80. The number of nitrogens with zero attached hydrogens (tertiary/aromatic N) is 2. The van der Waals surface area contributed by atoms with Crippen LogP contribution in [0, 0.1) is 11.7 Å². The van der Waals surface area contributed by atoms with Gasteiger partial charge in [0.1, 0.15) is 23.7 Å². The van der Waals surface area contributed by atoms with E-state index in [2.05, 4.69) is 5.32 Å². The maximum absolute atomic E-state index is 13.5. The predicted octanol–water partition coefficient (Wildman–Crippen LogP) is 1.01. The van der Waals surface area contributed by atoms with Crippen LogP contribution in [-0.2, 0) is 14.4 Å². The third-order valence-corrected chi connectivity index (χ3v) is 5.59. The van der Waals surface area contributed by atoms with Gasteiger partial charge < -0.3 is 25.8 Å². The number of hydrogen-bond donors (Lipinski definition) is 3. The first-order chi connectivity index (χ1) is 14.4. The minimum absolute atomic E-state index is 0.0182. The van der Waals surface area contributed by atoms with Crippen molar-refractivity contribution in [2.24, 2.45) is 11.7 Å². The Bertz CT molecular complexity index is 938. The van der Waals surface area contributed by atoms with E-state index in [4.69, 9.17) is 10.5 Å². The Morgan fingerprint density at radius 1 is 1.42 bits per heavy atom. The first-order valence-corrected chi connectivity index (χ1v) is 9.80. The zero-order chi connectivity index (χ0) is 23.1. The Kier molecular flexibility index (Phi) is 5.79. The van der Waals surface area contributed by atoms with Gasteiger partial charge in [-0.2, -0.15) is 0 Å². The fourth-order valence-electron chi connectivity index (χ4n) is 3.97. The maximum atomic E-state index is 13.5. The van der Waals surface area contributed by atoms with Crippen molar-refractivity contribution in [2.75, 3.05) is 18.9 Å². The molecule has 0 aliphatic carbocycles. The van der Waals surface area contributed by atoms with Crippen LogP contribution in [0.5, 0.6) is 5.75 Å². The molecule has 168 valence electrons. The van der Waals surface area contributed by atoms with E-state index in [0.29, 0.717) is 0 Å². The number of halogens is 1. The van der Waals surface area contributed by atoms with Crippen molar-refractivity contribution < 1.29 is 33.4 Å². The number of nitrogens with two attached hydrogens (primary N) is 1. The third-order valence-electron chi connectivity index (χ3n) is 5.59. The first kappa shape index (κ1) is 22.3. The molecule has 10 nitrogen and oxygen atoms in total. The van der Waals surface area contributed by atoms with E-state index in [1.54, 1.807) is 0 Å². The van der Waals surface area contributed by atoms with Crippen LogP contribution in [0.15, 0.2) is 18.2 Å².